The molecule has 2 heterocycles. The molecule has 5 aromatic rings. The van der Waals surface area contributed by atoms with Crippen LogP contribution in [0.1, 0.15) is 5.76 Å². The lowest BCUT2D eigenvalue weighted by Crippen LogP contribution is -2.09. The van der Waals surface area contributed by atoms with Gasteiger partial charge in [0, 0.05) is 26.1 Å². The fourth-order valence-electron chi connectivity index (χ4n) is 3.46. The Labute approximate surface area is 231 Å². The summed E-state index contributed by atoms with van der Waals surface area (Å²) in [6.07, 6.45) is 3.01. The number of benzene rings is 3. The molecule has 0 aliphatic carbocycles. The van der Waals surface area contributed by atoms with Gasteiger partial charge >= 0.3 is 0 Å². The van der Waals surface area contributed by atoms with Crippen molar-refractivity contribution < 1.29 is 9.21 Å². The molecule has 0 spiro atoms. The van der Waals surface area contributed by atoms with Crippen LogP contribution in [0.2, 0.25) is 10.0 Å². The Morgan fingerprint density at radius 3 is 2.66 bits per heavy atom. The minimum atomic E-state index is -0.311. The molecule has 0 saturated carbocycles. The predicted molar refractivity (Wildman–Crippen MR) is 152 cm³/mol. The van der Waals surface area contributed by atoms with Crippen LogP contribution < -0.4 is 5.32 Å². The van der Waals surface area contributed by atoms with E-state index in [-0.39, 0.29) is 5.91 Å². The molecule has 0 atom stereocenters. The van der Waals surface area contributed by atoms with Gasteiger partial charge in [-0.1, -0.05) is 57.3 Å². The van der Waals surface area contributed by atoms with E-state index in [1.165, 1.54) is 6.08 Å². The minimum Gasteiger partial charge on any atom is -0.457 e. The fraction of sp³-hybridized carbons (Fsp3) is 0. The summed E-state index contributed by atoms with van der Waals surface area (Å²) in [7, 11) is 0. The lowest BCUT2D eigenvalue weighted by molar-refractivity contribution is -0.111. The molecule has 174 valence electrons. The molecule has 2 aromatic heterocycles. The summed E-state index contributed by atoms with van der Waals surface area (Å²) < 4.78 is 8.52. The summed E-state index contributed by atoms with van der Waals surface area (Å²) in [5.74, 6) is 0.757. The second-order valence-electron chi connectivity index (χ2n) is 7.42. The Balaban J connectivity index is 1.40. The maximum Gasteiger partial charge on any atom is 0.248 e. The number of para-hydroxylation sites is 1. The number of rotatable bonds is 5. The fourth-order valence-corrected chi connectivity index (χ4v) is 6.17. The molecule has 0 saturated heterocycles. The van der Waals surface area contributed by atoms with Crippen LogP contribution >= 0.6 is 66.4 Å². The van der Waals surface area contributed by atoms with Crippen molar-refractivity contribution in [3.05, 3.63) is 97.6 Å². The zero-order valence-corrected chi connectivity index (χ0v) is 23.2. The zero-order chi connectivity index (χ0) is 24.5. The van der Waals surface area contributed by atoms with Gasteiger partial charge in [-0.25, -0.2) is 4.98 Å². The third-order valence-electron chi connectivity index (χ3n) is 5.07. The molecule has 1 N–H and O–H groups in total. The first-order valence-electron chi connectivity index (χ1n) is 10.3. The highest BCUT2D eigenvalue weighted by atomic mass is 79.9. The molecule has 0 bridgehead atoms. The van der Waals surface area contributed by atoms with E-state index in [9.17, 15) is 4.79 Å². The average molecular weight is 649 g/mol. The van der Waals surface area contributed by atoms with Crippen LogP contribution in [0.25, 0.3) is 38.2 Å². The molecule has 5 rings (SSSR count). The van der Waals surface area contributed by atoms with E-state index in [4.69, 9.17) is 32.6 Å². The van der Waals surface area contributed by atoms with Gasteiger partial charge in [0.2, 0.25) is 5.91 Å². The standard InChI is InChI=1S/C26H14Br2Cl2N2O2S/c27-14-12-17(26-31-20-6-1-2-7-22(20)35-26)25(18(28)13-14)32-23(33)11-9-15-8-10-21(34-15)16-4-3-5-19(29)24(16)30/h1-13H,(H,32,33)/b11-9+. The number of halogens is 4. The number of carbonyl (C=O) groups excluding carboxylic acids is 1. The number of amides is 1. The molecule has 0 radical (unpaired) electrons. The second kappa shape index (κ2) is 10.3. The number of furan rings is 1. The van der Waals surface area contributed by atoms with Gasteiger partial charge in [-0.15, -0.1) is 11.3 Å². The molecule has 3 aromatic carbocycles. The Morgan fingerprint density at radius 2 is 1.83 bits per heavy atom. The van der Waals surface area contributed by atoms with E-state index < -0.39 is 0 Å². The number of carbonyl (C=O) groups is 1. The molecule has 0 aliphatic heterocycles. The maximum absolute atomic E-state index is 12.8. The van der Waals surface area contributed by atoms with Crippen molar-refractivity contribution in [1.29, 1.82) is 0 Å². The largest absolute Gasteiger partial charge is 0.457 e. The lowest BCUT2D eigenvalue weighted by atomic mass is 10.2. The van der Waals surface area contributed by atoms with Gasteiger partial charge in [-0.2, -0.15) is 0 Å². The number of thiazole rings is 1. The molecule has 9 heteroatoms. The minimum absolute atomic E-state index is 0.311. The second-order valence-corrected chi connectivity index (χ2v) is 11.0. The molecular formula is C26H14Br2Cl2N2O2S. The van der Waals surface area contributed by atoms with Gasteiger partial charge in [-0.05, 0) is 70.5 Å². The highest BCUT2D eigenvalue weighted by molar-refractivity contribution is 9.11. The number of nitrogens with zero attached hydrogens (tertiary/aromatic N) is 1. The van der Waals surface area contributed by atoms with Crippen LogP contribution in [-0.2, 0) is 4.79 Å². The van der Waals surface area contributed by atoms with Crippen LogP contribution in [0, 0.1) is 0 Å². The summed E-state index contributed by atoms with van der Waals surface area (Å²) in [5, 5.41) is 4.64. The number of fused-ring (bicyclic) bond motifs is 1. The van der Waals surface area contributed by atoms with Crippen LogP contribution in [0.4, 0.5) is 5.69 Å². The van der Waals surface area contributed by atoms with E-state index in [1.807, 2.05) is 42.5 Å². The molecular weight excluding hydrogens is 635 g/mol. The van der Waals surface area contributed by atoms with Gasteiger partial charge in [0.1, 0.15) is 16.5 Å². The monoisotopic (exact) mass is 646 g/mol. The van der Waals surface area contributed by atoms with Crippen LogP contribution in [0.15, 0.2) is 86.2 Å². The molecule has 0 fully saturated rings. The average Bonchev–Trinajstić information content (AvgIpc) is 3.48. The highest BCUT2D eigenvalue weighted by Gasteiger charge is 2.16. The highest BCUT2D eigenvalue weighted by Crippen LogP contribution is 2.40. The molecule has 1 amide bonds. The maximum atomic E-state index is 12.8. The van der Waals surface area contributed by atoms with Crippen molar-refractivity contribution in [2.75, 3.05) is 5.32 Å². The van der Waals surface area contributed by atoms with Gasteiger partial charge in [0.15, 0.2) is 0 Å². The van der Waals surface area contributed by atoms with Gasteiger partial charge in [0.25, 0.3) is 0 Å². The molecule has 35 heavy (non-hydrogen) atoms. The van der Waals surface area contributed by atoms with Crippen LogP contribution in [-0.4, -0.2) is 10.9 Å². The van der Waals surface area contributed by atoms with Crippen molar-refractivity contribution in [3.63, 3.8) is 0 Å². The number of hydrogen-bond donors (Lipinski definition) is 1. The van der Waals surface area contributed by atoms with Crippen LogP contribution in [0.3, 0.4) is 0 Å². The smallest absolute Gasteiger partial charge is 0.248 e. The van der Waals surface area contributed by atoms with E-state index >= 15 is 0 Å². The summed E-state index contributed by atoms with van der Waals surface area (Å²) in [4.78, 5) is 17.6. The first-order valence-corrected chi connectivity index (χ1v) is 13.4. The van der Waals surface area contributed by atoms with Crippen molar-refractivity contribution in [2.45, 2.75) is 0 Å². The summed E-state index contributed by atoms with van der Waals surface area (Å²) in [6, 6.07) is 20.6. The number of nitrogens with one attached hydrogen (secondary N) is 1. The first-order chi connectivity index (χ1) is 16.9. The summed E-state index contributed by atoms with van der Waals surface area (Å²) in [5.41, 5.74) is 3.04. The Hall–Kier alpha value is -2.42. The Kier molecular flexibility index (Phi) is 7.14. The lowest BCUT2D eigenvalue weighted by Gasteiger charge is -2.11. The van der Waals surface area contributed by atoms with Crippen molar-refractivity contribution in [2.24, 2.45) is 0 Å². The summed E-state index contributed by atoms with van der Waals surface area (Å²) >= 11 is 21.1. The number of hydrogen-bond acceptors (Lipinski definition) is 4. The van der Waals surface area contributed by atoms with Crippen molar-refractivity contribution in [3.8, 4) is 21.9 Å². The number of aromatic nitrogens is 1. The quantitative estimate of drug-likeness (QED) is 0.193. The normalized spacial score (nSPS) is 11.4. The zero-order valence-electron chi connectivity index (χ0n) is 17.7. The van der Waals surface area contributed by atoms with Gasteiger partial charge in [-0.3, -0.25) is 4.79 Å². The Morgan fingerprint density at radius 1 is 1.00 bits per heavy atom. The Bertz CT molecular complexity index is 1580. The molecule has 0 aliphatic rings. The van der Waals surface area contributed by atoms with Crippen LogP contribution in [0.5, 0.6) is 0 Å². The molecule has 4 nitrogen and oxygen atoms in total. The predicted octanol–water partition coefficient (Wildman–Crippen LogP) is 9.71. The van der Waals surface area contributed by atoms with E-state index in [1.54, 1.807) is 41.7 Å². The van der Waals surface area contributed by atoms with Gasteiger partial charge in [0.05, 0.1) is 25.9 Å². The molecule has 0 unspecified atom stereocenters. The van der Waals surface area contributed by atoms with Crippen molar-refractivity contribution in [1.82, 2.24) is 4.98 Å². The van der Waals surface area contributed by atoms with E-state index in [0.29, 0.717) is 32.8 Å². The van der Waals surface area contributed by atoms with E-state index in [2.05, 4.69) is 37.2 Å². The van der Waals surface area contributed by atoms with E-state index in [0.717, 1.165) is 29.7 Å². The topological polar surface area (TPSA) is 55.1 Å². The third-order valence-corrected chi connectivity index (χ3v) is 8.04. The van der Waals surface area contributed by atoms with Gasteiger partial charge < -0.3 is 9.73 Å². The third kappa shape index (κ3) is 5.25. The number of anilines is 1. The first kappa shape index (κ1) is 24.3. The van der Waals surface area contributed by atoms with Crippen molar-refractivity contribution >= 4 is 94.3 Å². The summed E-state index contributed by atoms with van der Waals surface area (Å²) in [6.45, 7) is 0. The SMILES string of the molecule is O=C(/C=C/c1ccc(-c2cccc(Cl)c2Cl)o1)Nc1c(Br)cc(Br)cc1-c1nc2ccccc2s1.